The predicted molar refractivity (Wildman–Crippen MR) is 48.5 cm³/mol. The van der Waals surface area contributed by atoms with Gasteiger partial charge in [-0.25, -0.2) is 0 Å². The van der Waals surface area contributed by atoms with Crippen LogP contribution < -0.4 is 0 Å². The number of hydrogen-bond acceptors (Lipinski definition) is 1. The summed E-state index contributed by atoms with van der Waals surface area (Å²) in [6.45, 7) is 4.10. The van der Waals surface area contributed by atoms with Gasteiger partial charge in [0.15, 0.2) is 0 Å². The minimum absolute atomic E-state index is 0.185. The maximum absolute atomic E-state index is 8.59. The van der Waals surface area contributed by atoms with Crippen LogP contribution in [0.2, 0.25) is 0 Å². The van der Waals surface area contributed by atoms with Crippen molar-refractivity contribution in [1.29, 1.82) is 5.26 Å². The van der Waals surface area contributed by atoms with Crippen LogP contribution >= 0.6 is 11.6 Å². The molecule has 0 aromatic heterocycles. The number of unbranched alkanes of at least 4 members (excludes halogenated alkanes) is 1. The first-order chi connectivity index (χ1) is 5.22. The average Bonchev–Trinajstić information content (AvgIpc) is 2.03. The minimum Gasteiger partial charge on any atom is -0.198 e. The van der Waals surface area contributed by atoms with Crippen molar-refractivity contribution in [3.63, 3.8) is 0 Å². The summed E-state index contributed by atoms with van der Waals surface area (Å²) in [4.78, 5) is 0. The topological polar surface area (TPSA) is 23.8 Å². The number of hydrogen-bond donors (Lipinski definition) is 0. The van der Waals surface area contributed by atoms with E-state index >= 15 is 0 Å². The van der Waals surface area contributed by atoms with Gasteiger partial charge in [0, 0.05) is 11.8 Å². The lowest BCUT2D eigenvalue weighted by atomic mass is 9.92. The predicted octanol–water partition coefficient (Wildman–Crippen LogP) is 3.19. The van der Waals surface area contributed by atoms with E-state index in [1.807, 2.05) is 6.92 Å². The summed E-state index contributed by atoms with van der Waals surface area (Å²) in [5, 5.41) is 8.59. The maximum Gasteiger partial charge on any atom is 0.0655 e. The molecule has 0 bridgehead atoms. The Labute approximate surface area is 74.4 Å². The minimum atomic E-state index is 0.185. The van der Waals surface area contributed by atoms with Crippen molar-refractivity contribution in [2.75, 3.05) is 5.88 Å². The molecule has 0 heterocycles. The molecule has 0 amide bonds. The molecule has 0 saturated carbocycles. The largest absolute Gasteiger partial charge is 0.198 e. The highest BCUT2D eigenvalue weighted by Crippen LogP contribution is 2.16. The van der Waals surface area contributed by atoms with Crippen LogP contribution in [0, 0.1) is 23.2 Å². The SMILES string of the molecule is CC(C#N)C(C)CCCCCl. The van der Waals surface area contributed by atoms with Gasteiger partial charge in [-0.2, -0.15) is 5.26 Å². The van der Waals surface area contributed by atoms with Gasteiger partial charge in [0.1, 0.15) is 0 Å². The highest BCUT2D eigenvalue weighted by Gasteiger charge is 2.09. The molecule has 2 atom stereocenters. The van der Waals surface area contributed by atoms with Crippen LogP contribution in [-0.2, 0) is 0 Å². The molecule has 0 spiro atoms. The van der Waals surface area contributed by atoms with E-state index in [2.05, 4.69) is 13.0 Å². The number of nitriles is 1. The van der Waals surface area contributed by atoms with Crippen LogP contribution in [0.15, 0.2) is 0 Å². The van der Waals surface area contributed by atoms with Crippen molar-refractivity contribution in [3.8, 4) is 6.07 Å². The molecule has 2 heteroatoms. The maximum atomic E-state index is 8.59. The zero-order chi connectivity index (χ0) is 8.69. The van der Waals surface area contributed by atoms with E-state index in [0.29, 0.717) is 5.92 Å². The molecule has 0 aliphatic carbocycles. The van der Waals surface area contributed by atoms with Gasteiger partial charge in [0.05, 0.1) is 6.07 Å². The van der Waals surface area contributed by atoms with Gasteiger partial charge in [0.2, 0.25) is 0 Å². The van der Waals surface area contributed by atoms with E-state index in [-0.39, 0.29) is 5.92 Å². The summed E-state index contributed by atoms with van der Waals surface area (Å²) >= 11 is 5.53. The highest BCUT2D eigenvalue weighted by atomic mass is 35.5. The lowest BCUT2D eigenvalue weighted by Crippen LogP contribution is -2.05. The van der Waals surface area contributed by atoms with Crippen molar-refractivity contribution in [2.45, 2.75) is 33.1 Å². The zero-order valence-electron chi connectivity index (χ0n) is 7.31. The molecule has 0 aliphatic rings. The highest BCUT2D eigenvalue weighted by molar-refractivity contribution is 6.17. The van der Waals surface area contributed by atoms with Crippen molar-refractivity contribution < 1.29 is 0 Å². The van der Waals surface area contributed by atoms with E-state index in [1.54, 1.807) is 0 Å². The Balaban J connectivity index is 3.37. The Morgan fingerprint density at radius 3 is 2.45 bits per heavy atom. The zero-order valence-corrected chi connectivity index (χ0v) is 8.06. The molecule has 1 nitrogen and oxygen atoms in total. The lowest BCUT2D eigenvalue weighted by Gasteiger charge is -2.11. The third-order valence-electron chi connectivity index (χ3n) is 2.10. The Morgan fingerprint density at radius 1 is 1.36 bits per heavy atom. The Kier molecular flexibility index (Phi) is 6.36. The normalized spacial score (nSPS) is 15.5. The number of rotatable bonds is 5. The summed E-state index contributed by atoms with van der Waals surface area (Å²) < 4.78 is 0. The fourth-order valence-electron chi connectivity index (χ4n) is 0.938. The molecule has 64 valence electrons. The number of halogens is 1. The van der Waals surface area contributed by atoms with Gasteiger partial charge < -0.3 is 0 Å². The molecule has 0 aromatic carbocycles. The van der Waals surface area contributed by atoms with Crippen molar-refractivity contribution >= 4 is 11.6 Å². The summed E-state index contributed by atoms with van der Waals surface area (Å²) in [6.07, 6.45) is 3.35. The Hall–Kier alpha value is -0.220. The van der Waals surface area contributed by atoms with Crippen LogP contribution in [0.4, 0.5) is 0 Å². The fraction of sp³-hybridized carbons (Fsp3) is 0.889. The molecule has 0 aromatic rings. The fourth-order valence-corrected chi connectivity index (χ4v) is 1.13. The van der Waals surface area contributed by atoms with Gasteiger partial charge >= 0.3 is 0 Å². The number of alkyl halides is 1. The van der Waals surface area contributed by atoms with Gasteiger partial charge in [-0.15, -0.1) is 11.6 Å². The second kappa shape index (κ2) is 6.49. The third kappa shape index (κ3) is 5.09. The molecule has 0 aliphatic heterocycles. The van der Waals surface area contributed by atoms with Crippen LogP contribution in [-0.4, -0.2) is 5.88 Å². The molecular weight excluding hydrogens is 158 g/mol. The standard InChI is InChI=1S/C9H16ClN/c1-8(9(2)7-11)5-3-4-6-10/h8-9H,3-6H2,1-2H3. The van der Waals surface area contributed by atoms with Gasteiger partial charge in [-0.3, -0.25) is 0 Å². The summed E-state index contributed by atoms with van der Waals surface area (Å²) in [7, 11) is 0. The van der Waals surface area contributed by atoms with Crippen molar-refractivity contribution in [2.24, 2.45) is 11.8 Å². The second-order valence-corrected chi connectivity index (χ2v) is 3.46. The van der Waals surface area contributed by atoms with Crippen LogP contribution in [0.3, 0.4) is 0 Å². The molecule has 0 radical (unpaired) electrons. The van der Waals surface area contributed by atoms with Gasteiger partial charge in [0.25, 0.3) is 0 Å². The molecule has 11 heavy (non-hydrogen) atoms. The Morgan fingerprint density at radius 2 is 2.00 bits per heavy atom. The average molecular weight is 174 g/mol. The first-order valence-electron chi connectivity index (χ1n) is 4.18. The number of nitrogens with zero attached hydrogens (tertiary/aromatic N) is 1. The molecular formula is C9H16ClN. The molecule has 2 unspecified atom stereocenters. The first kappa shape index (κ1) is 10.8. The van der Waals surface area contributed by atoms with Gasteiger partial charge in [-0.1, -0.05) is 13.3 Å². The van der Waals surface area contributed by atoms with E-state index in [1.165, 1.54) is 0 Å². The van der Waals surface area contributed by atoms with Gasteiger partial charge in [-0.05, 0) is 25.7 Å². The third-order valence-corrected chi connectivity index (χ3v) is 2.37. The smallest absolute Gasteiger partial charge is 0.0655 e. The van der Waals surface area contributed by atoms with Crippen molar-refractivity contribution in [1.82, 2.24) is 0 Å². The first-order valence-corrected chi connectivity index (χ1v) is 4.71. The van der Waals surface area contributed by atoms with E-state index in [4.69, 9.17) is 16.9 Å². The van der Waals surface area contributed by atoms with E-state index in [9.17, 15) is 0 Å². The lowest BCUT2D eigenvalue weighted by molar-refractivity contribution is 0.421. The van der Waals surface area contributed by atoms with Crippen LogP contribution in [0.25, 0.3) is 0 Å². The summed E-state index contributed by atoms with van der Waals surface area (Å²) in [6, 6.07) is 2.26. The summed E-state index contributed by atoms with van der Waals surface area (Å²) in [5.41, 5.74) is 0. The summed E-state index contributed by atoms with van der Waals surface area (Å²) in [5.74, 6) is 1.45. The van der Waals surface area contributed by atoms with Crippen LogP contribution in [0.1, 0.15) is 33.1 Å². The van der Waals surface area contributed by atoms with E-state index in [0.717, 1.165) is 25.1 Å². The molecule has 0 fully saturated rings. The quantitative estimate of drug-likeness (QED) is 0.463. The Bertz CT molecular complexity index is 128. The van der Waals surface area contributed by atoms with Crippen LogP contribution in [0.5, 0.6) is 0 Å². The van der Waals surface area contributed by atoms with Crippen molar-refractivity contribution in [3.05, 3.63) is 0 Å². The second-order valence-electron chi connectivity index (χ2n) is 3.08. The monoisotopic (exact) mass is 173 g/mol. The molecule has 0 N–H and O–H groups in total. The molecule has 0 saturated heterocycles. The molecule has 0 rings (SSSR count). The van der Waals surface area contributed by atoms with E-state index < -0.39 is 0 Å².